The summed E-state index contributed by atoms with van der Waals surface area (Å²) in [4.78, 5) is 13.8. The van der Waals surface area contributed by atoms with Gasteiger partial charge in [-0.15, -0.1) is 11.8 Å². The fourth-order valence-electron chi connectivity index (χ4n) is 3.24. The molecule has 0 aliphatic carbocycles. The number of nitrogens with one attached hydrogen (secondary N) is 2. The first-order chi connectivity index (χ1) is 12.8. The molecule has 0 radical (unpaired) electrons. The zero-order valence-electron chi connectivity index (χ0n) is 14.3. The van der Waals surface area contributed by atoms with Crippen LogP contribution in [0.25, 0.3) is 0 Å². The van der Waals surface area contributed by atoms with Crippen molar-refractivity contribution in [3.8, 4) is 0 Å². The maximum Gasteiger partial charge on any atom is 0.315 e. The molecule has 4 heteroatoms. The minimum Gasteiger partial charge on any atom is -0.334 e. The van der Waals surface area contributed by atoms with Crippen LogP contribution in [0.3, 0.4) is 0 Å². The van der Waals surface area contributed by atoms with Gasteiger partial charge in [0.1, 0.15) is 0 Å². The van der Waals surface area contributed by atoms with E-state index in [1.165, 1.54) is 16.0 Å². The Bertz CT molecular complexity index is 863. The van der Waals surface area contributed by atoms with E-state index < -0.39 is 0 Å². The maximum absolute atomic E-state index is 12.6. The van der Waals surface area contributed by atoms with E-state index in [0.29, 0.717) is 6.54 Å². The molecule has 4 rings (SSSR count). The molecule has 0 saturated heterocycles. The van der Waals surface area contributed by atoms with Crippen LogP contribution in [0.2, 0.25) is 0 Å². The highest BCUT2D eigenvalue weighted by Gasteiger charge is 2.24. The Morgan fingerprint density at radius 1 is 0.885 bits per heavy atom. The van der Waals surface area contributed by atoms with Crippen molar-refractivity contribution in [3.63, 3.8) is 0 Å². The van der Waals surface area contributed by atoms with Crippen molar-refractivity contribution in [3.05, 3.63) is 101 Å². The van der Waals surface area contributed by atoms with Gasteiger partial charge in [-0.2, -0.15) is 0 Å². The Morgan fingerprint density at radius 2 is 1.58 bits per heavy atom. The van der Waals surface area contributed by atoms with Crippen molar-refractivity contribution in [2.45, 2.75) is 23.2 Å². The lowest BCUT2D eigenvalue weighted by molar-refractivity contribution is 0.238. The smallest absolute Gasteiger partial charge is 0.315 e. The molecule has 1 aliphatic rings. The summed E-state index contributed by atoms with van der Waals surface area (Å²) < 4.78 is 0. The molecule has 1 heterocycles. The Hall–Kier alpha value is -2.72. The van der Waals surface area contributed by atoms with Crippen molar-refractivity contribution < 1.29 is 4.79 Å². The molecule has 0 aromatic heterocycles. The molecular weight excluding hydrogens is 340 g/mol. The molecule has 1 atom stereocenters. The van der Waals surface area contributed by atoms with Gasteiger partial charge in [-0.3, -0.25) is 0 Å². The van der Waals surface area contributed by atoms with Crippen LogP contribution < -0.4 is 10.6 Å². The number of carbonyl (C=O) groups excluding carboxylic acids is 1. The molecule has 0 bridgehead atoms. The number of thioether (sulfide) groups is 1. The summed E-state index contributed by atoms with van der Waals surface area (Å²) >= 11 is 1.82. The predicted octanol–water partition coefficient (Wildman–Crippen LogP) is 4.88. The van der Waals surface area contributed by atoms with Crippen LogP contribution in [-0.2, 0) is 12.3 Å². The third-order valence-corrected chi connectivity index (χ3v) is 5.69. The Labute approximate surface area is 157 Å². The summed E-state index contributed by atoms with van der Waals surface area (Å²) in [5.41, 5.74) is 4.67. The molecule has 130 valence electrons. The van der Waals surface area contributed by atoms with Crippen molar-refractivity contribution in [1.82, 2.24) is 10.6 Å². The average Bonchev–Trinajstić information content (AvgIpc) is 2.85. The van der Waals surface area contributed by atoms with Gasteiger partial charge in [0.15, 0.2) is 0 Å². The number of amides is 2. The van der Waals surface area contributed by atoms with E-state index in [0.717, 1.165) is 16.9 Å². The predicted molar refractivity (Wildman–Crippen MR) is 106 cm³/mol. The minimum absolute atomic E-state index is 0.145. The van der Waals surface area contributed by atoms with E-state index in [1.54, 1.807) is 0 Å². The number of carbonyl (C=O) groups is 1. The first-order valence-corrected chi connectivity index (χ1v) is 9.67. The van der Waals surface area contributed by atoms with Crippen LogP contribution in [0.1, 0.15) is 28.3 Å². The number of rotatable bonds is 3. The van der Waals surface area contributed by atoms with Crippen molar-refractivity contribution in [2.24, 2.45) is 0 Å². The van der Waals surface area contributed by atoms with Crippen molar-refractivity contribution in [1.29, 1.82) is 0 Å². The highest BCUT2D eigenvalue weighted by molar-refractivity contribution is 7.98. The van der Waals surface area contributed by atoms with E-state index in [-0.39, 0.29) is 12.1 Å². The topological polar surface area (TPSA) is 41.1 Å². The van der Waals surface area contributed by atoms with E-state index in [1.807, 2.05) is 60.3 Å². The van der Waals surface area contributed by atoms with Crippen LogP contribution in [0, 0.1) is 0 Å². The van der Waals surface area contributed by atoms with Crippen LogP contribution in [0.15, 0.2) is 83.8 Å². The summed E-state index contributed by atoms with van der Waals surface area (Å²) in [5, 5.41) is 6.15. The number of benzene rings is 3. The highest BCUT2D eigenvalue weighted by atomic mass is 32.2. The molecule has 26 heavy (non-hydrogen) atoms. The van der Waals surface area contributed by atoms with Gasteiger partial charge >= 0.3 is 6.03 Å². The second-order valence-corrected chi connectivity index (χ2v) is 7.29. The summed E-state index contributed by atoms with van der Waals surface area (Å²) in [6, 6.07) is 26.3. The molecule has 1 aliphatic heterocycles. The summed E-state index contributed by atoms with van der Waals surface area (Å²) in [5.74, 6) is 0.914. The molecule has 2 N–H and O–H groups in total. The fraction of sp³-hybridized carbons (Fsp3) is 0.136. The Kier molecular flexibility index (Phi) is 4.93. The molecule has 0 fully saturated rings. The van der Waals surface area contributed by atoms with Crippen LogP contribution in [0.5, 0.6) is 0 Å². The fourth-order valence-corrected chi connectivity index (χ4v) is 4.34. The van der Waals surface area contributed by atoms with Crippen LogP contribution in [0.4, 0.5) is 4.79 Å². The second kappa shape index (κ2) is 7.67. The van der Waals surface area contributed by atoms with E-state index in [4.69, 9.17) is 0 Å². The van der Waals surface area contributed by atoms with E-state index >= 15 is 0 Å². The summed E-state index contributed by atoms with van der Waals surface area (Å²) in [7, 11) is 0. The lowest BCUT2D eigenvalue weighted by Gasteiger charge is -2.21. The molecule has 0 spiro atoms. The van der Waals surface area contributed by atoms with Crippen LogP contribution in [-0.4, -0.2) is 6.03 Å². The van der Waals surface area contributed by atoms with Crippen molar-refractivity contribution in [2.75, 3.05) is 0 Å². The first-order valence-electron chi connectivity index (χ1n) is 8.69. The van der Waals surface area contributed by atoms with Crippen molar-refractivity contribution >= 4 is 17.8 Å². The largest absolute Gasteiger partial charge is 0.334 e. The molecule has 3 aromatic carbocycles. The highest BCUT2D eigenvalue weighted by Crippen LogP contribution is 2.39. The zero-order valence-corrected chi connectivity index (χ0v) is 15.1. The van der Waals surface area contributed by atoms with Crippen LogP contribution >= 0.6 is 11.8 Å². The Morgan fingerprint density at radius 3 is 2.42 bits per heavy atom. The third kappa shape index (κ3) is 3.60. The number of hydrogen-bond acceptors (Lipinski definition) is 2. The quantitative estimate of drug-likeness (QED) is 0.699. The van der Waals surface area contributed by atoms with Gasteiger partial charge < -0.3 is 10.6 Å². The second-order valence-electron chi connectivity index (χ2n) is 6.27. The summed E-state index contributed by atoms with van der Waals surface area (Å²) in [6.45, 7) is 0.511. The van der Waals surface area contributed by atoms with Gasteiger partial charge in [-0.1, -0.05) is 72.8 Å². The number of hydrogen-bond donors (Lipinski definition) is 2. The molecule has 3 aromatic rings. The minimum atomic E-state index is -0.157. The SMILES string of the molecule is O=C(NCc1ccccc1)N[C@@H]1c2ccccc2CSc2ccccc21. The standard InChI is InChI=1S/C22H20N2OS/c25-22(23-14-16-8-2-1-3-9-16)24-21-18-11-5-4-10-17(18)15-26-20-13-7-6-12-19(20)21/h1-13,21H,14-15H2,(H2,23,24,25)/t21-/m1/s1. The van der Waals surface area contributed by atoms with Gasteiger partial charge in [-0.25, -0.2) is 4.79 Å². The molecule has 3 nitrogen and oxygen atoms in total. The van der Waals surface area contributed by atoms with Gasteiger partial charge in [0.05, 0.1) is 6.04 Å². The van der Waals surface area contributed by atoms with E-state index in [9.17, 15) is 4.79 Å². The number of fused-ring (bicyclic) bond motifs is 2. The molecule has 2 amide bonds. The summed E-state index contributed by atoms with van der Waals surface area (Å²) in [6.07, 6.45) is 0. The van der Waals surface area contributed by atoms with Gasteiger partial charge in [-0.05, 0) is 28.3 Å². The van der Waals surface area contributed by atoms with Gasteiger partial charge in [0.2, 0.25) is 0 Å². The molecular formula is C22H20N2OS. The first kappa shape index (κ1) is 16.7. The normalized spacial score (nSPS) is 15.3. The average molecular weight is 360 g/mol. The third-order valence-electron chi connectivity index (χ3n) is 4.55. The number of urea groups is 1. The van der Waals surface area contributed by atoms with Gasteiger partial charge in [0, 0.05) is 17.2 Å². The maximum atomic E-state index is 12.6. The van der Waals surface area contributed by atoms with Gasteiger partial charge in [0.25, 0.3) is 0 Å². The van der Waals surface area contributed by atoms with E-state index in [2.05, 4.69) is 41.0 Å². The molecule has 0 unspecified atom stereocenters. The zero-order chi connectivity index (χ0) is 17.8. The molecule has 0 saturated carbocycles. The Balaban J connectivity index is 1.57. The monoisotopic (exact) mass is 360 g/mol. The lowest BCUT2D eigenvalue weighted by atomic mass is 9.95. The lowest BCUT2D eigenvalue weighted by Crippen LogP contribution is -2.38.